The fraction of sp³-hybridized carbons (Fsp3) is 0.917. The zero-order valence-electron chi connectivity index (χ0n) is 11.1. The van der Waals surface area contributed by atoms with Crippen molar-refractivity contribution < 1.29 is 5.11 Å². The maximum atomic E-state index is 8.83. The molecule has 0 aromatic rings. The van der Waals surface area contributed by atoms with E-state index in [0.29, 0.717) is 6.04 Å². The van der Waals surface area contributed by atoms with Gasteiger partial charge in [-0.3, -0.25) is 5.41 Å². The van der Waals surface area contributed by atoms with E-state index in [1.807, 2.05) is 13.8 Å². The Balaban J connectivity index is 4.16. The minimum Gasteiger partial charge on any atom is -0.396 e. The Bertz CT molecular complexity index is 214. The lowest BCUT2D eigenvalue weighted by atomic mass is 9.88. The second kappa shape index (κ2) is 6.86. The highest BCUT2D eigenvalue weighted by atomic mass is 16.3. The Morgan fingerprint density at radius 1 is 1.38 bits per heavy atom. The van der Waals surface area contributed by atoms with Crippen LogP contribution in [0.25, 0.3) is 0 Å². The van der Waals surface area contributed by atoms with E-state index in [1.54, 1.807) is 0 Å². The maximum Gasteiger partial charge on any atom is 0.0963 e. The highest BCUT2D eigenvalue weighted by Gasteiger charge is 2.23. The van der Waals surface area contributed by atoms with Crippen molar-refractivity contribution in [2.75, 3.05) is 19.7 Å². The third kappa shape index (κ3) is 5.47. The third-order valence-electron chi connectivity index (χ3n) is 3.09. The zero-order valence-corrected chi connectivity index (χ0v) is 11.1. The van der Waals surface area contributed by atoms with Gasteiger partial charge in [0.05, 0.1) is 5.84 Å². The van der Waals surface area contributed by atoms with Gasteiger partial charge in [0.1, 0.15) is 0 Å². The molecule has 0 aromatic heterocycles. The molecule has 0 amide bonds. The minimum atomic E-state index is -0.230. The molecule has 0 aliphatic rings. The van der Waals surface area contributed by atoms with E-state index in [0.717, 1.165) is 25.9 Å². The van der Waals surface area contributed by atoms with Crippen LogP contribution >= 0.6 is 0 Å². The molecule has 0 aliphatic carbocycles. The van der Waals surface area contributed by atoms with Crippen LogP contribution in [0.2, 0.25) is 0 Å². The molecule has 4 heteroatoms. The van der Waals surface area contributed by atoms with Gasteiger partial charge in [-0.25, -0.2) is 0 Å². The molecule has 0 fully saturated rings. The highest BCUT2D eigenvalue weighted by molar-refractivity contribution is 5.82. The Morgan fingerprint density at radius 2 is 1.94 bits per heavy atom. The molecule has 0 spiro atoms. The van der Waals surface area contributed by atoms with Crippen LogP contribution in [0.4, 0.5) is 0 Å². The van der Waals surface area contributed by atoms with Crippen molar-refractivity contribution in [1.82, 2.24) is 4.90 Å². The van der Waals surface area contributed by atoms with Gasteiger partial charge in [0, 0.05) is 24.6 Å². The van der Waals surface area contributed by atoms with Gasteiger partial charge in [-0.2, -0.15) is 0 Å². The third-order valence-corrected chi connectivity index (χ3v) is 3.09. The lowest BCUT2D eigenvalue weighted by Gasteiger charge is -2.31. The Labute approximate surface area is 99.3 Å². The molecule has 0 atom stereocenters. The molecular weight excluding hydrogens is 202 g/mol. The number of aliphatic hydroxyl groups excluding tert-OH is 1. The minimum absolute atomic E-state index is 0.230. The average molecular weight is 229 g/mol. The summed E-state index contributed by atoms with van der Waals surface area (Å²) in [6.07, 6.45) is 1.69. The Hall–Kier alpha value is -0.610. The van der Waals surface area contributed by atoms with Crippen LogP contribution in [0.3, 0.4) is 0 Å². The summed E-state index contributed by atoms with van der Waals surface area (Å²) in [5, 5.41) is 16.3. The summed E-state index contributed by atoms with van der Waals surface area (Å²) >= 11 is 0. The average Bonchev–Trinajstić information content (AvgIpc) is 2.16. The largest absolute Gasteiger partial charge is 0.396 e. The summed E-state index contributed by atoms with van der Waals surface area (Å²) in [5.74, 6) is 0.248. The first-order chi connectivity index (χ1) is 7.31. The summed E-state index contributed by atoms with van der Waals surface area (Å²) in [5.41, 5.74) is 5.33. The fourth-order valence-corrected chi connectivity index (χ4v) is 1.46. The molecule has 0 radical (unpaired) electrons. The second-order valence-corrected chi connectivity index (χ2v) is 5.25. The van der Waals surface area contributed by atoms with E-state index in [2.05, 4.69) is 18.7 Å². The fourth-order valence-electron chi connectivity index (χ4n) is 1.46. The summed E-state index contributed by atoms with van der Waals surface area (Å²) in [6.45, 7) is 10.4. The molecule has 4 N–H and O–H groups in total. The molecule has 4 nitrogen and oxygen atoms in total. The van der Waals surface area contributed by atoms with Gasteiger partial charge in [0.25, 0.3) is 0 Å². The van der Waals surface area contributed by atoms with E-state index in [9.17, 15) is 0 Å². The van der Waals surface area contributed by atoms with Gasteiger partial charge in [0.15, 0.2) is 0 Å². The van der Waals surface area contributed by atoms with Crippen molar-refractivity contribution in [3.8, 4) is 0 Å². The summed E-state index contributed by atoms with van der Waals surface area (Å²) in [6, 6.07) is 0.467. The second-order valence-electron chi connectivity index (χ2n) is 5.25. The van der Waals surface area contributed by atoms with Gasteiger partial charge in [0.2, 0.25) is 0 Å². The van der Waals surface area contributed by atoms with Crippen LogP contribution in [-0.4, -0.2) is 41.6 Å². The lowest BCUT2D eigenvalue weighted by Crippen LogP contribution is -2.38. The Morgan fingerprint density at radius 3 is 2.31 bits per heavy atom. The standard InChI is InChI=1S/C12H27N3O/c1-10(2)15(7-5-9-16)8-6-12(3,4)11(13)14/h10,16H,5-9H2,1-4H3,(H3,13,14). The predicted octanol–water partition coefficient (Wildman–Crippen LogP) is 1.43. The van der Waals surface area contributed by atoms with Crippen LogP contribution in [0.15, 0.2) is 0 Å². The van der Waals surface area contributed by atoms with E-state index in [-0.39, 0.29) is 17.9 Å². The molecule has 0 saturated carbocycles. The number of aliphatic hydroxyl groups is 1. The molecule has 0 saturated heterocycles. The summed E-state index contributed by atoms with van der Waals surface area (Å²) < 4.78 is 0. The molecule has 0 bridgehead atoms. The van der Waals surface area contributed by atoms with Crippen LogP contribution in [0.1, 0.15) is 40.5 Å². The molecule has 0 unspecified atom stereocenters. The number of hydrogen-bond acceptors (Lipinski definition) is 3. The van der Waals surface area contributed by atoms with Crippen molar-refractivity contribution in [3.63, 3.8) is 0 Å². The van der Waals surface area contributed by atoms with Gasteiger partial charge in [-0.1, -0.05) is 13.8 Å². The summed E-state index contributed by atoms with van der Waals surface area (Å²) in [7, 11) is 0. The molecule has 0 aromatic carbocycles. The quantitative estimate of drug-likeness (QED) is 0.435. The predicted molar refractivity (Wildman–Crippen MR) is 68.7 cm³/mol. The van der Waals surface area contributed by atoms with Crippen molar-refractivity contribution in [1.29, 1.82) is 5.41 Å². The van der Waals surface area contributed by atoms with Crippen LogP contribution in [0, 0.1) is 10.8 Å². The van der Waals surface area contributed by atoms with Gasteiger partial charge >= 0.3 is 0 Å². The van der Waals surface area contributed by atoms with Crippen molar-refractivity contribution in [2.24, 2.45) is 11.1 Å². The molecular formula is C12H27N3O. The molecule has 0 heterocycles. The van der Waals surface area contributed by atoms with Gasteiger partial charge < -0.3 is 15.7 Å². The van der Waals surface area contributed by atoms with Crippen molar-refractivity contribution in [3.05, 3.63) is 0 Å². The molecule has 16 heavy (non-hydrogen) atoms. The lowest BCUT2D eigenvalue weighted by molar-refractivity contribution is 0.178. The van der Waals surface area contributed by atoms with E-state index < -0.39 is 0 Å². The number of rotatable bonds is 8. The van der Waals surface area contributed by atoms with Crippen molar-refractivity contribution >= 4 is 5.84 Å². The van der Waals surface area contributed by atoms with Gasteiger partial charge in [-0.15, -0.1) is 0 Å². The first kappa shape index (κ1) is 15.4. The van der Waals surface area contributed by atoms with Crippen molar-refractivity contribution in [2.45, 2.75) is 46.6 Å². The van der Waals surface area contributed by atoms with E-state index >= 15 is 0 Å². The van der Waals surface area contributed by atoms with Crippen LogP contribution in [0.5, 0.6) is 0 Å². The molecule has 0 aliphatic heterocycles. The first-order valence-electron chi connectivity index (χ1n) is 6.00. The van der Waals surface area contributed by atoms with Crippen LogP contribution in [-0.2, 0) is 0 Å². The van der Waals surface area contributed by atoms with Crippen LogP contribution < -0.4 is 5.73 Å². The monoisotopic (exact) mass is 229 g/mol. The first-order valence-corrected chi connectivity index (χ1v) is 6.00. The number of nitrogens with two attached hydrogens (primary N) is 1. The molecule has 96 valence electrons. The number of nitrogens with one attached hydrogen (secondary N) is 1. The maximum absolute atomic E-state index is 8.83. The summed E-state index contributed by atoms with van der Waals surface area (Å²) in [4.78, 5) is 2.32. The topological polar surface area (TPSA) is 73.3 Å². The highest BCUT2D eigenvalue weighted by Crippen LogP contribution is 2.20. The number of amidine groups is 1. The number of nitrogens with zero attached hydrogens (tertiary/aromatic N) is 1. The van der Waals surface area contributed by atoms with E-state index in [1.165, 1.54) is 0 Å². The smallest absolute Gasteiger partial charge is 0.0963 e. The normalized spacial score (nSPS) is 12.4. The van der Waals surface area contributed by atoms with E-state index in [4.69, 9.17) is 16.2 Å². The SMILES string of the molecule is CC(C)N(CCCO)CCC(C)(C)C(=N)N. The molecule has 0 rings (SSSR count). The number of hydrogen-bond donors (Lipinski definition) is 3. The van der Waals surface area contributed by atoms with Gasteiger partial charge in [-0.05, 0) is 33.2 Å². The zero-order chi connectivity index (χ0) is 12.8. The Kier molecular flexibility index (Phi) is 6.60.